The van der Waals surface area contributed by atoms with Crippen molar-refractivity contribution < 1.29 is 9.53 Å². The van der Waals surface area contributed by atoms with E-state index in [1.165, 1.54) is 11.3 Å². The van der Waals surface area contributed by atoms with Gasteiger partial charge in [0.25, 0.3) is 5.91 Å². The minimum Gasteiger partial charge on any atom is -0.383 e. The highest BCUT2D eigenvalue weighted by atomic mass is 32.1. The van der Waals surface area contributed by atoms with Crippen LogP contribution in [0.2, 0.25) is 0 Å². The molecule has 1 aliphatic carbocycles. The molecule has 7 heteroatoms. The van der Waals surface area contributed by atoms with Crippen LogP contribution in [0.5, 0.6) is 0 Å². The first-order valence-corrected chi connectivity index (χ1v) is 8.21. The maximum atomic E-state index is 12.7. The Morgan fingerprint density at radius 1 is 1.62 bits per heavy atom. The monoisotopic (exact) mass is 312 g/mol. The fraction of sp³-hybridized carbons (Fsp3) is 0.714. The van der Waals surface area contributed by atoms with Gasteiger partial charge < -0.3 is 20.7 Å². The SMILES string of the molecule is CCC(C)N(CCOC)C(=O)c1sc(NC2CC2)nc1N. The van der Waals surface area contributed by atoms with Crippen LogP contribution in [0.1, 0.15) is 42.8 Å². The zero-order valence-corrected chi connectivity index (χ0v) is 13.7. The number of methoxy groups -OCH3 is 1. The molecule has 1 aromatic heterocycles. The van der Waals surface area contributed by atoms with Gasteiger partial charge in [0.05, 0.1) is 6.61 Å². The first-order valence-electron chi connectivity index (χ1n) is 7.39. The van der Waals surface area contributed by atoms with Crippen molar-refractivity contribution in [2.45, 2.75) is 45.2 Å². The minimum absolute atomic E-state index is 0.0553. The molecule has 1 aromatic rings. The second-order valence-electron chi connectivity index (χ2n) is 5.40. The van der Waals surface area contributed by atoms with Gasteiger partial charge in [-0.15, -0.1) is 0 Å². The number of aromatic nitrogens is 1. The summed E-state index contributed by atoms with van der Waals surface area (Å²) in [6.07, 6.45) is 3.21. The predicted molar refractivity (Wildman–Crippen MR) is 85.8 cm³/mol. The molecule has 118 valence electrons. The molecule has 3 N–H and O–H groups in total. The number of thiazole rings is 1. The molecule has 1 fully saturated rings. The average molecular weight is 312 g/mol. The fourth-order valence-corrected chi connectivity index (χ4v) is 2.93. The number of anilines is 2. The smallest absolute Gasteiger partial charge is 0.268 e. The summed E-state index contributed by atoms with van der Waals surface area (Å²) in [7, 11) is 1.64. The molecule has 2 rings (SSSR count). The number of amides is 1. The molecule has 1 aliphatic rings. The number of ether oxygens (including phenoxy) is 1. The maximum Gasteiger partial charge on any atom is 0.268 e. The van der Waals surface area contributed by atoms with Gasteiger partial charge in [0.1, 0.15) is 10.7 Å². The number of rotatable bonds is 8. The van der Waals surface area contributed by atoms with Gasteiger partial charge in [-0.25, -0.2) is 4.98 Å². The van der Waals surface area contributed by atoms with E-state index in [1.54, 1.807) is 7.11 Å². The molecule has 21 heavy (non-hydrogen) atoms. The van der Waals surface area contributed by atoms with E-state index < -0.39 is 0 Å². The molecule has 6 nitrogen and oxygen atoms in total. The van der Waals surface area contributed by atoms with Crippen molar-refractivity contribution in [2.24, 2.45) is 0 Å². The molecular weight excluding hydrogens is 288 g/mol. The summed E-state index contributed by atoms with van der Waals surface area (Å²) in [5.74, 6) is 0.263. The molecule has 0 spiro atoms. The van der Waals surface area contributed by atoms with Crippen molar-refractivity contribution >= 4 is 28.2 Å². The number of nitrogen functional groups attached to an aromatic ring is 1. The maximum absolute atomic E-state index is 12.7. The molecule has 0 aliphatic heterocycles. The molecule has 0 saturated heterocycles. The summed E-state index contributed by atoms with van der Waals surface area (Å²) in [5, 5.41) is 4.03. The van der Waals surface area contributed by atoms with E-state index >= 15 is 0 Å². The topological polar surface area (TPSA) is 80.5 Å². The normalized spacial score (nSPS) is 15.8. The summed E-state index contributed by atoms with van der Waals surface area (Å²) in [4.78, 5) is 19.3. The lowest BCUT2D eigenvalue weighted by atomic mass is 10.2. The van der Waals surface area contributed by atoms with E-state index in [0.29, 0.717) is 29.9 Å². The third kappa shape index (κ3) is 4.07. The molecule has 0 bridgehead atoms. The van der Waals surface area contributed by atoms with E-state index in [1.807, 2.05) is 11.8 Å². The highest BCUT2D eigenvalue weighted by Crippen LogP contribution is 2.31. The van der Waals surface area contributed by atoms with E-state index in [0.717, 1.165) is 24.4 Å². The van der Waals surface area contributed by atoms with Gasteiger partial charge in [0, 0.05) is 25.7 Å². The van der Waals surface area contributed by atoms with Crippen molar-refractivity contribution in [3.8, 4) is 0 Å². The van der Waals surface area contributed by atoms with Gasteiger partial charge in [-0.1, -0.05) is 18.3 Å². The van der Waals surface area contributed by atoms with E-state index in [2.05, 4.69) is 17.2 Å². The second-order valence-corrected chi connectivity index (χ2v) is 6.40. The summed E-state index contributed by atoms with van der Waals surface area (Å²) in [6.45, 7) is 5.18. The van der Waals surface area contributed by atoms with Crippen molar-refractivity contribution in [2.75, 3.05) is 31.3 Å². The standard InChI is InChI=1S/C14H24N4O2S/c1-4-9(2)18(7-8-20-3)13(19)11-12(15)17-14(21-11)16-10-5-6-10/h9-10H,4-8,15H2,1-3H3,(H,16,17). The largest absolute Gasteiger partial charge is 0.383 e. The van der Waals surface area contributed by atoms with Gasteiger partial charge in [0.15, 0.2) is 5.13 Å². The number of nitrogens with zero attached hydrogens (tertiary/aromatic N) is 2. The van der Waals surface area contributed by atoms with Crippen LogP contribution in [-0.2, 0) is 4.74 Å². The Morgan fingerprint density at radius 3 is 2.90 bits per heavy atom. The Hall–Kier alpha value is -1.34. The third-order valence-corrected chi connectivity index (χ3v) is 4.66. The van der Waals surface area contributed by atoms with Crippen molar-refractivity contribution in [3.05, 3.63) is 4.88 Å². The van der Waals surface area contributed by atoms with Crippen LogP contribution >= 0.6 is 11.3 Å². The summed E-state index contributed by atoms with van der Waals surface area (Å²) in [6, 6.07) is 0.645. The van der Waals surface area contributed by atoms with Crippen molar-refractivity contribution in [3.63, 3.8) is 0 Å². The molecule has 1 amide bonds. The third-order valence-electron chi connectivity index (χ3n) is 3.67. The Morgan fingerprint density at radius 2 is 2.33 bits per heavy atom. The highest BCUT2D eigenvalue weighted by Gasteiger charge is 2.27. The van der Waals surface area contributed by atoms with Crippen LogP contribution in [-0.4, -0.2) is 48.1 Å². The Labute approximate surface area is 129 Å². The number of carbonyl (C=O) groups excluding carboxylic acids is 1. The first kappa shape index (κ1) is 16.0. The average Bonchev–Trinajstić information content (AvgIpc) is 3.20. The molecule has 1 saturated carbocycles. The Kier molecular flexibility index (Phi) is 5.41. The molecule has 0 radical (unpaired) electrons. The first-order chi connectivity index (χ1) is 10.1. The molecule has 1 atom stereocenters. The van der Waals surface area contributed by atoms with Gasteiger partial charge in [-0.3, -0.25) is 4.79 Å². The van der Waals surface area contributed by atoms with Crippen LogP contribution in [0.4, 0.5) is 10.9 Å². The lowest BCUT2D eigenvalue weighted by Crippen LogP contribution is -2.40. The van der Waals surface area contributed by atoms with Crippen LogP contribution in [0, 0.1) is 0 Å². The quantitative estimate of drug-likeness (QED) is 0.769. The van der Waals surface area contributed by atoms with Crippen LogP contribution in [0.25, 0.3) is 0 Å². The van der Waals surface area contributed by atoms with E-state index in [4.69, 9.17) is 10.5 Å². The van der Waals surface area contributed by atoms with Gasteiger partial charge in [0.2, 0.25) is 0 Å². The molecule has 0 aromatic carbocycles. The second kappa shape index (κ2) is 7.09. The molecule has 1 heterocycles. The van der Waals surface area contributed by atoms with Crippen LogP contribution < -0.4 is 11.1 Å². The van der Waals surface area contributed by atoms with Gasteiger partial charge in [-0.05, 0) is 26.2 Å². The summed E-state index contributed by atoms with van der Waals surface area (Å²) in [5.41, 5.74) is 5.93. The van der Waals surface area contributed by atoms with Crippen molar-refractivity contribution in [1.82, 2.24) is 9.88 Å². The lowest BCUT2D eigenvalue weighted by molar-refractivity contribution is 0.0619. The van der Waals surface area contributed by atoms with Gasteiger partial charge >= 0.3 is 0 Å². The number of hydrogen-bond acceptors (Lipinski definition) is 6. The van der Waals surface area contributed by atoms with Crippen LogP contribution in [0.3, 0.4) is 0 Å². The predicted octanol–water partition coefficient (Wildman–Crippen LogP) is 2.19. The van der Waals surface area contributed by atoms with E-state index in [9.17, 15) is 4.79 Å². The highest BCUT2D eigenvalue weighted by molar-refractivity contribution is 7.18. The summed E-state index contributed by atoms with van der Waals surface area (Å²) >= 11 is 1.35. The minimum atomic E-state index is -0.0553. The van der Waals surface area contributed by atoms with Crippen molar-refractivity contribution in [1.29, 1.82) is 0 Å². The number of nitrogens with one attached hydrogen (secondary N) is 1. The number of nitrogens with two attached hydrogens (primary N) is 1. The Bertz CT molecular complexity index is 487. The Balaban J connectivity index is 2.12. The fourth-order valence-electron chi connectivity index (χ4n) is 2.01. The zero-order valence-electron chi connectivity index (χ0n) is 12.9. The van der Waals surface area contributed by atoms with Gasteiger partial charge in [-0.2, -0.15) is 0 Å². The van der Waals surface area contributed by atoms with Crippen LogP contribution in [0.15, 0.2) is 0 Å². The van der Waals surface area contributed by atoms with E-state index in [-0.39, 0.29) is 11.9 Å². The molecular formula is C14H24N4O2S. The summed E-state index contributed by atoms with van der Waals surface area (Å²) < 4.78 is 5.10. The zero-order chi connectivity index (χ0) is 15.4. The lowest BCUT2D eigenvalue weighted by Gasteiger charge is -2.27. The number of carbonyl (C=O) groups is 1. The molecule has 1 unspecified atom stereocenters. The number of hydrogen-bond donors (Lipinski definition) is 2.